The summed E-state index contributed by atoms with van der Waals surface area (Å²) in [6, 6.07) is 13.8. The van der Waals surface area contributed by atoms with Crippen LogP contribution in [-0.4, -0.2) is 38.1 Å². The van der Waals surface area contributed by atoms with Crippen LogP contribution in [-0.2, 0) is 0 Å². The summed E-state index contributed by atoms with van der Waals surface area (Å²) in [7, 11) is 3.97. The van der Waals surface area contributed by atoms with Gasteiger partial charge in [-0.15, -0.1) is 11.3 Å². The van der Waals surface area contributed by atoms with Gasteiger partial charge in [-0.25, -0.2) is 0 Å². The first-order valence-electron chi connectivity index (χ1n) is 8.82. The number of hydrogen-bond acceptors (Lipinski definition) is 5. The number of carbonyl (C=O) groups excluding carboxylic acids is 1. The third-order valence-electron chi connectivity index (χ3n) is 4.66. The van der Waals surface area contributed by atoms with Gasteiger partial charge in [0.05, 0.1) is 34.1 Å². The molecule has 5 nitrogen and oxygen atoms in total. The predicted molar refractivity (Wildman–Crippen MR) is 110 cm³/mol. The predicted octanol–water partition coefficient (Wildman–Crippen LogP) is 4.22. The van der Waals surface area contributed by atoms with Crippen LogP contribution in [0, 0.1) is 6.92 Å². The quantitative estimate of drug-likeness (QED) is 0.683. The van der Waals surface area contributed by atoms with Crippen LogP contribution < -0.4 is 14.5 Å². The molecule has 138 valence electrons. The Morgan fingerprint density at radius 2 is 2.07 bits per heavy atom. The molecule has 0 bridgehead atoms. The summed E-state index contributed by atoms with van der Waals surface area (Å²) in [6.45, 7) is 2.90. The molecule has 0 radical (unpaired) electrons. The fourth-order valence-electron chi connectivity index (χ4n) is 3.19. The Hall–Kier alpha value is -2.86. The smallest absolute Gasteiger partial charge is 0.260 e. The molecule has 0 saturated carbocycles. The molecule has 3 heterocycles. The van der Waals surface area contributed by atoms with Crippen LogP contribution in [0.5, 0.6) is 5.75 Å². The maximum Gasteiger partial charge on any atom is 0.260 e. The van der Waals surface area contributed by atoms with Crippen LogP contribution in [0.15, 0.2) is 47.8 Å². The maximum absolute atomic E-state index is 13.2. The Balaban J connectivity index is 1.66. The fourth-order valence-corrected chi connectivity index (χ4v) is 3.89. The Kier molecular flexibility index (Phi) is 4.58. The van der Waals surface area contributed by atoms with Gasteiger partial charge >= 0.3 is 0 Å². The largest absolute Gasteiger partial charge is 0.489 e. The second-order valence-electron chi connectivity index (χ2n) is 6.66. The SMILES string of the molecule is Cc1nc(-c2cccs2)ccc1C(=O)N1CCOc2cc(N(C)C)ccc21. The van der Waals surface area contributed by atoms with Gasteiger partial charge < -0.3 is 14.5 Å². The van der Waals surface area contributed by atoms with E-state index in [-0.39, 0.29) is 5.91 Å². The summed E-state index contributed by atoms with van der Waals surface area (Å²) in [5.74, 6) is 0.696. The molecule has 3 aromatic rings. The molecule has 1 aliphatic heterocycles. The first-order valence-corrected chi connectivity index (χ1v) is 9.70. The normalized spacial score (nSPS) is 13.1. The van der Waals surface area contributed by atoms with Gasteiger partial charge in [0.15, 0.2) is 0 Å². The molecule has 4 rings (SSSR count). The topological polar surface area (TPSA) is 45.7 Å². The number of ether oxygens (including phenoxy) is 1. The second-order valence-corrected chi connectivity index (χ2v) is 7.61. The van der Waals surface area contributed by atoms with Gasteiger partial charge in [0.2, 0.25) is 0 Å². The van der Waals surface area contributed by atoms with E-state index in [0.717, 1.165) is 33.4 Å². The molecule has 0 saturated heterocycles. The molecule has 1 aliphatic rings. The van der Waals surface area contributed by atoms with Crippen LogP contribution in [0.25, 0.3) is 10.6 Å². The second kappa shape index (κ2) is 7.04. The van der Waals surface area contributed by atoms with Crippen molar-refractivity contribution in [2.24, 2.45) is 0 Å². The van der Waals surface area contributed by atoms with Crippen LogP contribution in [0.1, 0.15) is 16.1 Å². The molecule has 0 fully saturated rings. The van der Waals surface area contributed by atoms with E-state index in [2.05, 4.69) is 4.98 Å². The van der Waals surface area contributed by atoms with E-state index in [1.54, 1.807) is 16.2 Å². The molecular weight excluding hydrogens is 358 g/mol. The Bertz CT molecular complexity index is 983. The zero-order valence-corrected chi connectivity index (χ0v) is 16.4. The molecule has 0 spiro atoms. The van der Waals surface area contributed by atoms with Crippen molar-refractivity contribution in [2.45, 2.75) is 6.92 Å². The van der Waals surface area contributed by atoms with Crippen molar-refractivity contribution in [3.8, 4) is 16.3 Å². The molecule has 0 aliphatic carbocycles. The molecule has 0 unspecified atom stereocenters. The maximum atomic E-state index is 13.2. The van der Waals surface area contributed by atoms with Crippen molar-refractivity contribution in [1.29, 1.82) is 0 Å². The lowest BCUT2D eigenvalue weighted by Gasteiger charge is -2.30. The number of hydrogen-bond donors (Lipinski definition) is 0. The minimum absolute atomic E-state index is 0.0418. The van der Waals surface area contributed by atoms with Crippen molar-refractivity contribution >= 4 is 28.6 Å². The number of aryl methyl sites for hydroxylation is 1. The minimum Gasteiger partial charge on any atom is -0.489 e. The van der Waals surface area contributed by atoms with Crippen molar-refractivity contribution in [2.75, 3.05) is 37.0 Å². The number of anilines is 2. The lowest BCUT2D eigenvalue weighted by Crippen LogP contribution is -2.38. The summed E-state index contributed by atoms with van der Waals surface area (Å²) in [4.78, 5) is 22.8. The first-order chi connectivity index (χ1) is 13.0. The Labute approximate surface area is 162 Å². The third kappa shape index (κ3) is 3.28. The van der Waals surface area contributed by atoms with Gasteiger partial charge in [-0.05, 0) is 42.6 Å². The average molecular weight is 379 g/mol. The lowest BCUT2D eigenvalue weighted by molar-refractivity contribution is 0.0975. The van der Waals surface area contributed by atoms with Gasteiger partial charge in [0.25, 0.3) is 5.91 Å². The number of benzene rings is 1. The van der Waals surface area contributed by atoms with Crippen molar-refractivity contribution < 1.29 is 9.53 Å². The summed E-state index contributed by atoms with van der Waals surface area (Å²) in [5, 5.41) is 2.03. The number of fused-ring (bicyclic) bond motifs is 1. The highest BCUT2D eigenvalue weighted by atomic mass is 32.1. The van der Waals surface area contributed by atoms with Gasteiger partial charge in [-0.1, -0.05) is 6.07 Å². The summed E-state index contributed by atoms with van der Waals surface area (Å²) in [6.07, 6.45) is 0. The summed E-state index contributed by atoms with van der Waals surface area (Å²) >= 11 is 1.64. The van der Waals surface area contributed by atoms with E-state index in [4.69, 9.17) is 4.74 Å². The molecule has 6 heteroatoms. The highest BCUT2D eigenvalue weighted by Gasteiger charge is 2.26. The minimum atomic E-state index is -0.0418. The highest BCUT2D eigenvalue weighted by Crippen LogP contribution is 2.36. The monoisotopic (exact) mass is 379 g/mol. The average Bonchev–Trinajstić information content (AvgIpc) is 3.21. The number of amides is 1. The molecule has 1 amide bonds. The number of thiophene rings is 1. The van der Waals surface area contributed by atoms with Crippen LogP contribution in [0.2, 0.25) is 0 Å². The van der Waals surface area contributed by atoms with Gasteiger partial charge in [0, 0.05) is 25.8 Å². The summed E-state index contributed by atoms with van der Waals surface area (Å²) < 4.78 is 5.79. The number of carbonyl (C=O) groups is 1. The van der Waals surface area contributed by atoms with E-state index < -0.39 is 0 Å². The molecule has 1 aromatic carbocycles. The van der Waals surface area contributed by atoms with Crippen LogP contribution in [0.3, 0.4) is 0 Å². The number of nitrogens with zero attached hydrogens (tertiary/aromatic N) is 3. The summed E-state index contributed by atoms with van der Waals surface area (Å²) in [5.41, 5.74) is 4.11. The number of pyridine rings is 1. The fraction of sp³-hybridized carbons (Fsp3) is 0.238. The van der Waals surface area contributed by atoms with E-state index in [1.165, 1.54) is 0 Å². The Morgan fingerprint density at radius 3 is 2.78 bits per heavy atom. The highest BCUT2D eigenvalue weighted by molar-refractivity contribution is 7.13. The molecular formula is C21H21N3O2S. The zero-order valence-electron chi connectivity index (χ0n) is 15.6. The number of aromatic nitrogens is 1. The molecule has 0 atom stereocenters. The van der Waals surface area contributed by atoms with E-state index in [9.17, 15) is 4.79 Å². The Morgan fingerprint density at radius 1 is 1.22 bits per heavy atom. The van der Waals surface area contributed by atoms with Crippen molar-refractivity contribution in [1.82, 2.24) is 4.98 Å². The first kappa shape index (κ1) is 17.5. The van der Waals surface area contributed by atoms with Crippen molar-refractivity contribution in [3.63, 3.8) is 0 Å². The standard InChI is InChI=1S/C21H21N3O2S/c1-14-16(7-8-17(22-14)20-5-4-12-27-20)21(25)24-10-11-26-19-13-15(23(2)3)6-9-18(19)24/h4-9,12-13H,10-11H2,1-3H3. The van der Waals surface area contributed by atoms with Gasteiger partial charge in [-0.3, -0.25) is 9.78 Å². The molecule has 27 heavy (non-hydrogen) atoms. The van der Waals surface area contributed by atoms with Crippen LogP contribution in [0.4, 0.5) is 11.4 Å². The lowest BCUT2D eigenvalue weighted by atomic mass is 10.1. The van der Waals surface area contributed by atoms with E-state index >= 15 is 0 Å². The van der Waals surface area contributed by atoms with Crippen LogP contribution >= 0.6 is 11.3 Å². The van der Waals surface area contributed by atoms with Gasteiger partial charge in [-0.2, -0.15) is 0 Å². The third-order valence-corrected chi connectivity index (χ3v) is 5.55. The van der Waals surface area contributed by atoms with E-state index in [1.807, 2.05) is 73.8 Å². The zero-order chi connectivity index (χ0) is 19.0. The number of rotatable bonds is 3. The van der Waals surface area contributed by atoms with E-state index in [0.29, 0.717) is 18.7 Å². The molecule has 2 aromatic heterocycles. The van der Waals surface area contributed by atoms with Gasteiger partial charge in [0.1, 0.15) is 12.4 Å². The van der Waals surface area contributed by atoms with Crippen molar-refractivity contribution in [3.05, 3.63) is 59.1 Å². The molecule has 0 N–H and O–H groups in total.